The van der Waals surface area contributed by atoms with Crippen molar-refractivity contribution < 1.29 is 13.6 Å². The van der Waals surface area contributed by atoms with Crippen LogP contribution in [0.4, 0.5) is 8.78 Å². The van der Waals surface area contributed by atoms with E-state index in [1.807, 2.05) is 0 Å². The van der Waals surface area contributed by atoms with Crippen LogP contribution in [0.1, 0.15) is 25.5 Å². The molecule has 1 rings (SSSR count). The van der Waals surface area contributed by atoms with Gasteiger partial charge >= 0.3 is 0 Å². The zero-order chi connectivity index (χ0) is 12.1. The Bertz CT molecular complexity index is 415. The zero-order valence-electron chi connectivity index (χ0n) is 9.13. The van der Waals surface area contributed by atoms with E-state index in [0.717, 1.165) is 18.2 Å². The molecule has 86 valence electrons. The second kappa shape index (κ2) is 5.39. The molecule has 0 fully saturated rings. The summed E-state index contributed by atoms with van der Waals surface area (Å²) < 4.78 is 26.2. The molecule has 0 aliphatic rings. The summed E-state index contributed by atoms with van der Waals surface area (Å²) >= 11 is 0. The van der Waals surface area contributed by atoms with Gasteiger partial charge in [0.25, 0.3) is 0 Å². The third-order valence-electron chi connectivity index (χ3n) is 2.10. The predicted octanol–water partition coefficient (Wildman–Crippen LogP) is 2.72. The van der Waals surface area contributed by atoms with Gasteiger partial charge in [0.05, 0.1) is 6.04 Å². The number of hydrogen-bond donors (Lipinski definition) is 1. The fourth-order valence-corrected chi connectivity index (χ4v) is 1.34. The van der Waals surface area contributed by atoms with E-state index in [1.165, 1.54) is 6.08 Å². The van der Waals surface area contributed by atoms with Crippen LogP contribution in [0.25, 0.3) is 0 Å². The summed E-state index contributed by atoms with van der Waals surface area (Å²) in [7, 11) is 0. The molecule has 0 aromatic heterocycles. The summed E-state index contributed by atoms with van der Waals surface area (Å²) in [5.74, 6) is -1.39. The second-order valence-electron chi connectivity index (χ2n) is 3.40. The minimum Gasteiger partial charge on any atom is -0.346 e. The Morgan fingerprint density at radius 1 is 1.44 bits per heavy atom. The minimum atomic E-state index is -0.570. The average molecular weight is 225 g/mol. The standard InChI is InChI=1S/C12H13F2NO/c1-3-4-12(16)15-8(2)10-7-9(13)5-6-11(10)14/h3-8H,1-2H3,(H,15,16). The molecule has 0 bridgehead atoms. The largest absolute Gasteiger partial charge is 0.346 e. The summed E-state index contributed by atoms with van der Waals surface area (Å²) in [4.78, 5) is 11.2. The van der Waals surface area contributed by atoms with Crippen molar-refractivity contribution in [2.75, 3.05) is 0 Å². The Hall–Kier alpha value is -1.71. The lowest BCUT2D eigenvalue weighted by molar-refractivity contribution is -0.117. The molecule has 0 aliphatic carbocycles. The molecule has 2 nitrogen and oxygen atoms in total. The summed E-state index contributed by atoms with van der Waals surface area (Å²) in [5.41, 5.74) is 0.137. The first kappa shape index (κ1) is 12.4. The maximum Gasteiger partial charge on any atom is 0.244 e. The molecule has 0 aliphatic heterocycles. The van der Waals surface area contributed by atoms with Crippen molar-refractivity contribution >= 4 is 5.91 Å². The lowest BCUT2D eigenvalue weighted by atomic mass is 10.1. The molecule has 1 unspecified atom stereocenters. The van der Waals surface area contributed by atoms with E-state index in [0.29, 0.717) is 0 Å². The fourth-order valence-electron chi connectivity index (χ4n) is 1.34. The zero-order valence-corrected chi connectivity index (χ0v) is 9.13. The summed E-state index contributed by atoms with van der Waals surface area (Å²) in [6.45, 7) is 3.30. The molecule has 16 heavy (non-hydrogen) atoms. The summed E-state index contributed by atoms with van der Waals surface area (Å²) in [5, 5.41) is 2.53. The molecule has 0 spiro atoms. The number of halogens is 2. The van der Waals surface area contributed by atoms with Gasteiger partial charge in [-0.2, -0.15) is 0 Å². The molecular formula is C12H13F2NO. The average Bonchev–Trinajstić information content (AvgIpc) is 2.21. The van der Waals surface area contributed by atoms with Gasteiger partial charge in [-0.15, -0.1) is 0 Å². The van der Waals surface area contributed by atoms with Gasteiger partial charge in [-0.3, -0.25) is 4.79 Å². The monoisotopic (exact) mass is 225 g/mol. The van der Waals surface area contributed by atoms with Crippen molar-refractivity contribution in [1.82, 2.24) is 5.32 Å². The first-order valence-corrected chi connectivity index (χ1v) is 4.92. The third-order valence-corrected chi connectivity index (χ3v) is 2.10. The van der Waals surface area contributed by atoms with Crippen molar-refractivity contribution in [1.29, 1.82) is 0 Å². The Morgan fingerprint density at radius 2 is 2.12 bits per heavy atom. The van der Waals surface area contributed by atoms with E-state index in [4.69, 9.17) is 0 Å². The van der Waals surface area contributed by atoms with Crippen LogP contribution >= 0.6 is 0 Å². The number of amides is 1. The van der Waals surface area contributed by atoms with E-state index in [1.54, 1.807) is 19.9 Å². The number of benzene rings is 1. The van der Waals surface area contributed by atoms with Gasteiger partial charge < -0.3 is 5.32 Å². The van der Waals surface area contributed by atoms with Gasteiger partial charge in [0.2, 0.25) is 5.91 Å². The van der Waals surface area contributed by atoms with E-state index in [2.05, 4.69) is 5.32 Å². The lowest BCUT2D eigenvalue weighted by Gasteiger charge is -2.13. The summed E-state index contributed by atoms with van der Waals surface area (Å²) in [6, 6.07) is 2.59. The molecule has 1 amide bonds. The van der Waals surface area contributed by atoms with E-state index < -0.39 is 17.7 Å². The Kier molecular flexibility index (Phi) is 4.17. The first-order valence-electron chi connectivity index (χ1n) is 4.92. The van der Waals surface area contributed by atoms with Crippen molar-refractivity contribution in [3.05, 3.63) is 47.5 Å². The van der Waals surface area contributed by atoms with Crippen molar-refractivity contribution in [3.63, 3.8) is 0 Å². The van der Waals surface area contributed by atoms with Crippen molar-refractivity contribution in [3.8, 4) is 0 Å². The normalized spacial score (nSPS) is 12.8. The van der Waals surface area contributed by atoms with Crippen LogP contribution in [0.15, 0.2) is 30.4 Å². The maximum atomic E-state index is 13.3. The van der Waals surface area contributed by atoms with Crippen LogP contribution in [-0.2, 0) is 4.79 Å². The van der Waals surface area contributed by atoms with Gasteiger partial charge in [-0.05, 0) is 38.1 Å². The predicted molar refractivity (Wildman–Crippen MR) is 57.7 cm³/mol. The number of allylic oxidation sites excluding steroid dienone is 1. The van der Waals surface area contributed by atoms with Crippen LogP contribution in [-0.4, -0.2) is 5.91 Å². The van der Waals surface area contributed by atoms with Gasteiger partial charge in [0, 0.05) is 5.56 Å². The van der Waals surface area contributed by atoms with E-state index >= 15 is 0 Å². The Balaban J connectivity index is 2.83. The van der Waals surface area contributed by atoms with Gasteiger partial charge in [-0.1, -0.05) is 6.08 Å². The van der Waals surface area contributed by atoms with E-state index in [-0.39, 0.29) is 11.5 Å². The highest BCUT2D eigenvalue weighted by molar-refractivity contribution is 5.87. The molecule has 1 aromatic carbocycles. The van der Waals surface area contributed by atoms with Gasteiger partial charge in [-0.25, -0.2) is 8.78 Å². The number of nitrogens with one attached hydrogen (secondary N) is 1. The summed E-state index contributed by atoms with van der Waals surface area (Å²) in [6.07, 6.45) is 2.90. The topological polar surface area (TPSA) is 29.1 Å². The molecule has 4 heteroatoms. The highest BCUT2D eigenvalue weighted by Gasteiger charge is 2.13. The molecular weight excluding hydrogens is 212 g/mol. The number of carbonyl (C=O) groups is 1. The lowest BCUT2D eigenvalue weighted by Crippen LogP contribution is -2.25. The number of hydrogen-bond acceptors (Lipinski definition) is 1. The Morgan fingerprint density at radius 3 is 2.75 bits per heavy atom. The molecule has 0 saturated heterocycles. The fraction of sp³-hybridized carbons (Fsp3) is 0.250. The van der Waals surface area contributed by atoms with Crippen LogP contribution in [0, 0.1) is 11.6 Å². The highest BCUT2D eigenvalue weighted by Crippen LogP contribution is 2.17. The van der Waals surface area contributed by atoms with Gasteiger partial charge in [0.1, 0.15) is 11.6 Å². The van der Waals surface area contributed by atoms with Crippen LogP contribution in [0.2, 0.25) is 0 Å². The van der Waals surface area contributed by atoms with Crippen molar-refractivity contribution in [2.45, 2.75) is 19.9 Å². The molecule has 1 atom stereocenters. The third kappa shape index (κ3) is 3.15. The van der Waals surface area contributed by atoms with Crippen LogP contribution in [0.5, 0.6) is 0 Å². The number of carbonyl (C=O) groups excluding carboxylic acids is 1. The minimum absolute atomic E-state index is 0.137. The molecule has 1 aromatic rings. The van der Waals surface area contributed by atoms with Gasteiger partial charge in [0.15, 0.2) is 0 Å². The van der Waals surface area contributed by atoms with Crippen LogP contribution < -0.4 is 5.32 Å². The van der Waals surface area contributed by atoms with E-state index in [9.17, 15) is 13.6 Å². The van der Waals surface area contributed by atoms with Crippen LogP contribution in [0.3, 0.4) is 0 Å². The van der Waals surface area contributed by atoms with Crippen molar-refractivity contribution in [2.24, 2.45) is 0 Å². The molecule has 0 saturated carbocycles. The quantitative estimate of drug-likeness (QED) is 0.787. The Labute approximate surface area is 93.0 Å². The maximum absolute atomic E-state index is 13.3. The molecule has 0 radical (unpaired) electrons. The molecule has 1 N–H and O–H groups in total. The first-order chi connectivity index (χ1) is 7.54. The SMILES string of the molecule is CC=CC(=O)NC(C)c1cc(F)ccc1F. The smallest absolute Gasteiger partial charge is 0.244 e. The highest BCUT2D eigenvalue weighted by atomic mass is 19.1. The second-order valence-corrected chi connectivity index (χ2v) is 3.40. The molecule has 0 heterocycles. The number of rotatable bonds is 3.